The average molecular weight is 340 g/mol. The predicted molar refractivity (Wildman–Crippen MR) is 98.1 cm³/mol. The van der Waals surface area contributed by atoms with Gasteiger partial charge in [0.15, 0.2) is 5.69 Å². The van der Waals surface area contributed by atoms with Gasteiger partial charge in [-0.1, -0.05) is 31.4 Å². The van der Waals surface area contributed by atoms with Crippen molar-refractivity contribution in [1.82, 2.24) is 10.2 Å². The quantitative estimate of drug-likeness (QED) is 0.835. The lowest BCUT2D eigenvalue weighted by Gasteiger charge is -2.22. The van der Waals surface area contributed by atoms with Crippen LogP contribution in [0.4, 0.5) is 11.5 Å². The third kappa shape index (κ3) is 4.68. The van der Waals surface area contributed by atoms with E-state index in [-0.39, 0.29) is 11.6 Å². The molecule has 1 aromatic heterocycles. The van der Waals surface area contributed by atoms with E-state index in [1.165, 1.54) is 19.3 Å². The summed E-state index contributed by atoms with van der Waals surface area (Å²) in [5.74, 6) is 1.06. The van der Waals surface area contributed by atoms with Crippen LogP contribution in [0.5, 0.6) is 5.75 Å². The number of anilines is 2. The fourth-order valence-electron chi connectivity index (χ4n) is 3.02. The van der Waals surface area contributed by atoms with Crippen LogP contribution in [0.25, 0.3) is 0 Å². The largest absolute Gasteiger partial charge is 0.492 e. The van der Waals surface area contributed by atoms with Crippen molar-refractivity contribution < 1.29 is 9.53 Å². The van der Waals surface area contributed by atoms with Crippen LogP contribution in [0, 0.1) is 0 Å². The average Bonchev–Trinajstić information content (AvgIpc) is 2.65. The van der Waals surface area contributed by atoms with Crippen molar-refractivity contribution in [2.45, 2.75) is 45.1 Å². The number of hydrogen-bond donors (Lipinski definition) is 2. The summed E-state index contributed by atoms with van der Waals surface area (Å²) < 4.78 is 5.52. The number of ether oxygens (including phenoxy) is 1. The second-order valence-electron chi connectivity index (χ2n) is 6.17. The first-order valence-corrected chi connectivity index (χ1v) is 8.89. The normalized spacial score (nSPS) is 14.8. The van der Waals surface area contributed by atoms with E-state index in [1.54, 1.807) is 12.1 Å². The van der Waals surface area contributed by atoms with E-state index in [9.17, 15) is 4.79 Å². The molecule has 0 aliphatic heterocycles. The van der Waals surface area contributed by atoms with Gasteiger partial charge in [0.25, 0.3) is 5.91 Å². The molecule has 1 saturated carbocycles. The van der Waals surface area contributed by atoms with Crippen molar-refractivity contribution >= 4 is 17.4 Å². The van der Waals surface area contributed by atoms with Gasteiger partial charge in [-0.05, 0) is 44.0 Å². The summed E-state index contributed by atoms with van der Waals surface area (Å²) in [4.78, 5) is 12.4. The van der Waals surface area contributed by atoms with Crippen LogP contribution in [0.2, 0.25) is 0 Å². The number of benzene rings is 1. The molecule has 0 bridgehead atoms. The van der Waals surface area contributed by atoms with Crippen molar-refractivity contribution in [3.63, 3.8) is 0 Å². The fraction of sp³-hybridized carbons (Fsp3) is 0.421. The van der Waals surface area contributed by atoms with Crippen molar-refractivity contribution in [3.8, 4) is 5.75 Å². The van der Waals surface area contributed by atoms with Crippen molar-refractivity contribution in [1.29, 1.82) is 0 Å². The Morgan fingerprint density at radius 2 is 1.92 bits per heavy atom. The standard InChI is InChI=1S/C19H24N4O2/c1-2-25-17-11-7-6-10-15(17)21-19(24)16-12-13-18(23-22-16)20-14-8-4-3-5-9-14/h6-7,10-14H,2-5,8-9H2,1H3,(H,20,23)(H,21,24). The van der Waals surface area contributed by atoms with Crippen LogP contribution in [-0.4, -0.2) is 28.8 Å². The Bertz CT molecular complexity index is 697. The highest BCUT2D eigenvalue weighted by molar-refractivity contribution is 6.03. The van der Waals surface area contributed by atoms with Gasteiger partial charge in [-0.3, -0.25) is 4.79 Å². The number of carbonyl (C=O) groups is 1. The molecule has 2 aromatic rings. The van der Waals surface area contributed by atoms with Gasteiger partial charge in [-0.2, -0.15) is 0 Å². The molecular weight excluding hydrogens is 316 g/mol. The molecule has 0 radical (unpaired) electrons. The molecule has 132 valence electrons. The minimum atomic E-state index is -0.302. The van der Waals surface area contributed by atoms with Gasteiger partial charge in [-0.15, -0.1) is 10.2 Å². The molecule has 1 aliphatic rings. The smallest absolute Gasteiger partial charge is 0.276 e. The summed E-state index contributed by atoms with van der Waals surface area (Å²) in [6.07, 6.45) is 6.15. The summed E-state index contributed by atoms with van der Waals surface area (Å²) in [7, 11) is 0. The highest BCUT2D eigenvalue weighted by atomic mass is 16.5. The van der Waals surface area contributed by atoms with E-state index in [0.29, 0.717) is 24.1 Å². The van der Waals surface area contributed by atoms with Crippen LogP contribution in [0.1, 0.15) is 49.5 Å². The third-order valence-electron chi connectivity index (χ3n) is 4.29. The van der Waals surface area contributed by atoms with Gasteiger partial charge < -0.3 is 15.4 Å². The summed E-state index contributed by atoms with van der Waals surface area (Å²) >= 11 is 0. The number of aromatic nitrogens is 2. The summed E-state index contributed by atoms with van der Waals surface area (Å²) in [5, 5.41) is 14.4. The molecule has 0 spiro atoms. The van der Waals surface area contributed by atoms with Gasteiger partial charge in [0.2, 0.25) is 0 Å². The van der Waals surface area contributed by atoms with Gasteiger partial charge in [0.05, 0.1) is 12.3 Å². The molecule has 1 amide bonds. The van der Waals surface area contributed by atoms with E-state index in [1.807, 2.05) is 31.2 Å². The Morgan fingerprint density at radius 3 is 2.64 bits per heavy atom. The maximum atomic E-state index is 12.4. The maximum Gasteiger partial charge on any atom is 0.276 e. The Hall–Kier alpha value is -2.63. The zero-order chi connectivity index (χ0) is 17.5. The molecule has 3 rings (SSSR count). The number of carbonyl (C=O) groups excluding carboxylic acids is 1. The minimum absolute atomic E-state index is 0.278. The predicted octanol–water partition coefficient (Wildman–Crippen LogP) is 3.87. The molecule has 0 saturated heterocycles. The lowest BCUT2D eigenvalue weighted by Crippen LogP contribution is -2.23. The van der Waals surface area contributed by atoms with Gasteiger partial charge in [0, 0.05) is 6.04 Å². The van der Waals surface area contributed by atoms with Crippen LogP contribution < -0.4 is 15.4 Å². The first-order valence-electron chi connectivity index (χ1n) is 8.89. The van der Waals surface area contributed by atoms with Crippen LogP contribution >= 0.6 is 0 Å². The highest BCUT2D eigenvalue weighted by Crippen LogP contribution is 2.24. The minimum Gasteiger partial charge on any atom is -0.492 e. The third-order valence-corrected chi connectivity index (χ3v) is 4.29. The van der Waals surface area contributed by atoms with E-state index < -0.39 is 0 Å². The summed E-state index contributed by atoms with van der Waals surface area (Å²) in [6, 6.07) is 11.3. The van der Waals surface area contributed by atoms with E-state index in [4.69, 9.17) is 4.74 Å². The van der Waals surface area contributed by atoms with Gasteiger partial charge >= 0.3 is 0 Å². The number of nitrogens with zero attached hydrogens (tertiary/aromatic N) is 2. The molecule has 1 aromatic carbocycles. The number of para-hydroxylation sites is 2. The molecule has 6 nitrogen and oxygen atoms in total. The Kier molecular flexibility index (Phi) is 5.82. The zero-order valence-corrected chi connectivity index (χ0v) is 14.5. The molecule has 1 aliphatic carbocycles. The SMILES string of the molecule is CCOc1ccccc1NC(=O)c1ccc(NC2CCCCC2)nn1. The second-order valence-corrected chi connectivity index (χ2v) is 6.17. The fourth-order valence-corrected chi connectivity index (χ4v) is 3.02. The molecular formula is C19H24N4O2. The topological polar surface area (TPSA) is 76.1 Å². The molecule has 1 heterocycles. The first-order chi connectivity index (χ1) is 12.3. The second kappa shape index (κ2) is 8.46. The monoisotopic (exact) mass is 340 g/mol. The number of hydrogen-bond acceptors (Lipinski definition) is 5. The Balaban J connectivity index is 1.62. The summed E-state index contributed by atoms with van der Waals surface area (Å²) in [6.45, 7) is 2.44. The molecule has 25 heavy (non-hydrogen) atoms. The molecule has 6 heteroatoms. The van der Waals surface area contributed by atoms with E-state index in [0.717, 1.165) is 18.7 Å². The van der Waals surface area contributed by atoms with Crippen LogP contribution in [-0.2, 0) is 0 Å². The Labute approximate surface area is 148 Å². The first kappa shape index (κ1) is 17.2. The Morgan fingerprint density at radius 1 is 1.12 bits per heavy atom. The molecule has 2 N–H and O–H groups in total. The van der Waals surface area contributed by atoms with Gasteiger partial charge in [0.1, 0.15) is 11.6 Å². The zero-order valence-electron chi connectivity index (χ0n) is 14.5. The number of rotatable bonds is 6. The summed E-state index contributed by atoms with van der Waals surface area (Å²) in [5.41, 5.74) is 0.904. The van der Waals surface area contributed by atoms with E-state index >= 15 is 0 Å². The molecule has 0 atom stereocenters. The van der Waals surface area contributed by atoms with Crippen LogP contribution in [0.15, 0.2) is 36.4 Å². The van der Waals surface area contributed by atoms with Gasteiger partial charge in [-0.25, -0.2) is 0 Å². The van der Waals surface area contributed by atoms with E-state index in [2.05, 4.69) is 20.8 Å². The number of nitrogens with one attached hydrogen (secondary N) is 2. The van der Waals surface area contributed by atoms with Crippen molar-refractivity contribution in [2.75, 3.05) is 17.2 Å². The lowest BCUT2D eigenvalue weighted by molar-refractivity contribution is 0.102. The number of amides is 1. The molecule has 0 unspecified atom stereocenters. The molecule has 1 fully saturated rings. The van der Waals surface area contributed by atoms with Crippen molar-refractivity contribution in [3.05, 3.63) is 42.1 Å². The van der Waals surface area contributed by atoms with Crippen LogP contribution in [0.3, 0.4) is 0 Å². The lowest BCUT2D eigenvalue weighted by atomic mass is 9.95. The highest BCUT2D eigenvalue weighted by Gasteiger charge is 2.15. The maximum absolute atomic E-state index is 12.4. The van der Waals surface area contributed by atoms with Crippen molar-refractivity contribution in [2.24, 2.45) is 0 Å².